The Balaban J connectivity index is 1.74. The number of rotatable bonds is 3. The molecule has 2 heterocycles. The largest absolute Gasteiger partial charge is 0.378 e. The summed E-state index contributed by atoms with van der Waals surface area (Å²) in [5, 5.41) is 0. The Morgan fingerprint density at radius 2 is 1.91 bits per heavy atom. The molecule has 1 atom stereocenters. The van der Waals surface area contributed by atoms with Crippen LogP contribution in [0.25, 0.3) is 0 Å². The van der Waals surface area contributed by atoms with E-state index in [1.54, 1.807) is 7.11 Å². The van der Waals surface area contributed by atoms with Crippen LogP contribution < -0.4 is 0 Å². The zero-order chi connectivity index (χ0) is 16.5. The number of nitrogens with zero attached hydrogens (tertiary/aromatic N) is 1. The van der Waals surface area contributed by atoms with Gasteiger partial charge in [0.1, 0.15) is 5.82 Å². The third kappa shape index (κ3) is 3.15. The summed E-state index contributed by atoms with van der Waals surface area (Å²) in [4.78, 5) is 0.128. The molecule has 0 aromatic heterocycles. The van der Waals surface area contributed by atoms with Crippen molar-refractivity contribution >= 4 is 10.0 Å². The molecule has 2 aliphatic rings. The van der Waals surface area contributed by atoms with Crippen molar-refractivity contribution in [3.8, 4) is 0 Å². The van der Waals surface area contributed by atoms with Crippen molar-refractivity contribution in [3.05, 3.63) is 30.1 Å². The van der Waals surface area contributed by atoms with Crippen molar-refractivity contribution in [1.29, 1.82) is 0 Å². The quantitative estimate of drug-likeness (QED) is 0.844. The van der Waals surface area contributed by atoms with E-state index in [2.05, 4.69) is 0 Å². The van der Waals surface area contributed by atoms with Crippen molar-refractivity contribution in [2.75, 3.05) is 26.8 Å². The number of hydrogen-bond donors (Lipinski definition) is 0. The van der Waals surface area contributed by atoms with Gasteiger partial charge in [0.2, 0.25) is 10.0 Å². The van der Waals surface area contributed by atoms with Gasteiger partial charge in [0.25, 0.3) is 0 Å². The molecule has 1 unspecified atom stereocenters. The standard InChI is InChI=1S/C16H22FNO4S/c1-21-15-3-2-12-22-16(15)8-10-18(11-9-16)23(19,20)14-6-4-13(17)5-7-14/h4-7,15H,2-3,8-12H2,1H3. The Kier molecular flexibility index (Phi) is 4.73. The first kappa shape index (κ1) is 16.8. The van der Waals surface area contributed by atoms with E-state index >= 15 is 0 Å². The first-order valence-electron chi connectivity index (χ1n) is 7.90. The highest BCUT2D eigenvalue weighted by Crippen LogP contribution is 2.38. The monoisotopic (exact) mass is 343 g/mol. The Morgan fingerprint density at radius 1 is 1.26 bits per heavy atom. The zero-order valence-corrected chi connectivity index (χ0v) is 14.0. The predicted octanol–water partition coefficient (Wildman–Crippen LogP) is 2.17. The topological polar surface area (TPSA) is 55.8 Å². The maximum absolute atomic E-state index is 13.0. The number of benzene rings is 1. The minimum atomic E-state index is -3.59. The van der Waals surface area contributed by atoms with Gasteiger partial charge in [-0.2, -0.15) is 4.31 Å². The molecule has 0 bridgehead atoms. The highest BCUT2D eigenvalue weighted by Gasteiger charge is 2.46. The average Bonchev–Trinajstić information content (AvgIpc) is 2.56. The van der Waals surface area contributed by atoms with E-state index in [1.165, 1.54) is 28.6 Å². The normalized spacial score (nSPS) is 25.6. The van der Waals surface area contributed by atoms with E-state index in [9.17, 15) is 12.8 Å². The summed E-state index contributed by atoms with van der Waals surface area (Å²) in [7, 11) is -1.90. The summed E-state index contributed by atoms with van der Waals surface area (Å²) >= 11 is 0. The molecular weight excluding hydrogens is 321 g/mol. The van der Waals surface area contributed by atoms with Crippen molar-refractivity contribution in [3.63, 3.8) is 0 Å². The SMILES string of the molecule is COC1CCCOC12CCN(S(=O)(=O)c1ccc(F)cc1)CC2. The van der Waals surface area contributed by atoms with E-state index < -0.39 is 15.8 Å². The molecule has 0 amide bonds. The van der Waals surface area contributed by atoms with Crippen molar-refractivity contribution in [2.24, 2.45) is 0 Å². The van der Waals surface area contributed by atoms with Crippen LogP contribution in [0.1, 0.15) is 25.7 Å². The molecule has 1 aromatic carbocycles. The van der Waals surface area contributed by atoms with Gasteiger partial charge < -0.3 is 9.47 Å². The van der Waals surface area contributed by atoms with Gasteiger partial charge in [0.05, 0.1) is 16.6 Å². The molecule has 0 aliphatic carbocycles. The molecule has 128 valence electrons. The molecule has 5 nitrogen and oxygen atoms in total. The Bertz CT molecular complexity index is 639. The number of ether oxygens (including phenoxy) is 2. The van der Waals surface area contributed by atoms with Gasteiger partial charge in [-0.3, -0.25) is 0 Å². The van der Waals surface area contributed by atoms with Crippen LogP contribution in [0.2, 0.25) is 0 Å². The van der Waals surface area contributed by atoms with E-state index in [0.29, 0.717) is 32.5 Å². The fourth-order valence-electron chi connectivity index (χ4n) is 3.56. The molecule has 0 N–H and O–H groups in total. The van der Waals surface area contributed by atoms with Crippen LogP contribution in [0.15, 0.2) is 29.2 Å². The van der Waals surface area contributed by atoms with Gasteiger partial charge in [0, 0.05) is 26.8 Å². The van der Waals surface area contributed by atoms with E-state index in [-0.39, 0.29) is 16.6 Å². The minimum absolute atomic E-state index is 0.0203. The summed E-state index contributed by atoms with van der Waals surface area (Å²) in [6.45, 7) is 1.48. The van der Waals surface area contributed by atoms with Gasteiger partial charge in [0.15, 0.2) is 0 Å². The smallest absolute Gasteiger partial charge is 0.243 e. The summed E-state index contributed by atoms with van der Waals surface area (Å²) in [6.07, 6.45) is 3.17. The molecule has 0 radical (unpaired) electrons. The first-order valence-corrected chi connectivity index (χ1v) is 9.34. The molecule has 0 saturated carbocycles. The zero-order valence-electron chi connectivity index (χ0n) is 13.2. The molecule has 2 saturated heterocycles. The Morgan fingerprint density at radius 3 is 2.52 bits per heavy atom. The highest BCUT2D eigenvalue weighted by atomic mass is 32.2. The molecule has 2 aliphatic heterocycles. The number of sulfonamides is 1. The van der Waals surface area contributed by atoms with Crippen LogP contribution in [0.5, 0.6) is 0 Å². The molecule has 7 heteroatoms. The van der Waals surface area contributed by atoms with Crippen molar-refractivity contribution in [2.45, 2.75) is 42.3 Å². The number of methoxy groups -OCH3 is 1. The fraction of sp³-hybridized carbons (Fsp3) is 0.625. The second-order valence-corrected chi connectivity index (χ2v) is 8.08. The third-order valence-electron chi connectivity index (χ3n) is 4.89. The average molecular weight is 343 g/mol. The maximum atomic E-state index is 13.0. The highest BCUT2D eigenvalue weighted by molar-refractivity contribution is 7.89. The van der Waals surface area contributed by atoms with Crippen molar-refractivity contribution in [1.82, 2.24) is 4.31 Å². The molecule has 23 heavy (non-hydrogen) atoms. The number of hydrogen-bond acceptors (Lipinski definition) is 4. The van der Waals surface area contributed by atoms with Crippen LogP contribution in [-0.2, 0) is 19.5 Å². The number of halogens is 1. The minimum Gasteiger partial charge on any atom is -0.378 e. The molecule has 1 aromatic rings. The maximum Gasteiger partial charge on any atom is 0.243 e. The lowest BCUT2D eigenvalue weighted by Crippen LogP contribution is -2.56. The van der Waals surface area contributed by atoms with Gasteiger partial charge in [-0.15, -0.1) is 0 Å². The Labute approximate surface area is 136 Å². The lowest BCUT2D eigenvalue weighted by atomic mass is 9.82. The lowest BCUT2D eigenvalue weighted by molar-refractivity contribution is -0.182. The third-order valence-corrected chi connectivity index (χ3v) is 6.80. The lowest BCUT2D eigenvalue weighted by Gasteiger charge is -2.47. The molecule has 3 rings (SSSR count). The van der Waals surface area contributed by atoms with E-state index in [0.717, 1.165) is 12.8 Å². The molecule has 1 spiro atoms. The van der Waals surface area contributed by atoms with Crippen molar-refractivity contribution < 1.29 is 22.3 Å². The first-order chi connectivity index (χ1) is 11.0. The summed E-state index contributed by atoms with van der Waals surface area (Å²) < 4.78 is 51.3. The summed E-state index contributed by atoms with van der Waals surface area (Å²) in [5.41, 5.74) is -0.373. The fourth-order valence-corrected chi connectivity index (χ4v) is 5.00. The number of piperidine rings is 1. The summed E-state index contributed by atoms with van der Waals surface area (Å²) in [5.74, 6) is -0.444. The second kappa shape index (κ2) is 6.47. The van der Waals surface area contributed by atoms with Gasteiger partial charge in [-0.05, 0) is 49.9 Å². The van der Waals surface area contributed by atoms with E-state index in [4.69, 9.17) is 9.47 Å². The molecular formula is C16H22FNO4S. The molecule has 2 fully saturated rings. The van der Waals surface area contributed by atoms with Gasteiger partial charge >= 0.3 is 0 Å². The van der Waals surface area contributed by atoms with Crippen LogP contribution in [-0.4, -0.2) is 51.2 Å². The predicted molar refractivity (Wildman–Crippen MR) is 83.1 cm³/mol. The van der Waals surface area contributed by atoms with Crippen LogP contribution in [0.4, 0.5) is 4.39 Å². The van der Waals surface area contributed by atoms with Crippen LogP contribution in [0.3, 0.4) is 0 Å². The van der Waals surface area contributed by atoms with E-state index in [1.807, 2.05) is 0 Å². The van der Waals surface area contributed by atoms with Crippen LogP contribution >= 0.6 is 0 Å². The Hall–Kier alpha value is -1.02. The van der Waals surface area contributed by atoms with Crippen LogP contribution in [0, 0.1) is 5.82 Å². The van der Waals surface area contributed by atoms with Gasteiger partial charge in [-0.1, -0.05) is 0 Å². The van der Waals surface area contributed by atoms with Gasteiger partial charge in [-0.25, -0.2) is 12.8 Å². The summed E-state index contributed by atoms with van der Waals surface area (Å²) in [6, 6.07) is 4.96. The second-order valence-electron chi connectivity index (χ2n) is 6.14.